The van der Waals surface area contributed by atoms with Crippen LogP contribution >= 0.6 is 55.1 Å². The molecule has 0 amide bonds. The summed E-state index contributed by atoms with van der Waals surface area (Å²) in [6.45, 7) is 0.265. The smallest absolute Gasteiger partial charge is 0.363 e. The van der Waals surface area contributed by atoms with Gasteiger partial charge in [-0.3, -0.25) is 0 Å². The summed E-state index contributed by atoms with van der Waals surface area (Å²) >= 11 is 18.9. The first-order chi connectivity index (χ1) is 15.3. The fraction of sp³-hybridized carbons (Fsp3) is 0.0435. The number of hydrogen-bond donors (Lipinski definition) is 0. The predicted molar refractivity (Wildman–Crippen MR) is 130 cm³/mol. The highest BCUT2D eigenvalue weighted by atomic mass is 79.9. The van der Waals surface area contributed by atoms with E-state index in [4.69, 9.17) is 32.7 Å². The molecule has 4 nitrogen and oxygen atoms in total. The molecule has 1 heterocycles. The van der Waals surface area contributed by atoms with Gasteiger partial charge in [0.25, 0.3) is 0 Å². The minimum atomic E-state index is -0.574. The van der Waals surface area contributed by atoms with Crippen LogP contribution in [0.1, 0.15) is 16.7 Å². The van der Waals surface area contributed by atoms with Gasteiger partial charge in [0.2, 0.25) is 5.90 Å². The fourth-order valence-corrected chi connectivity index (χ4v) is 4.61. The molecule has 32 heavy (non-hydrogen) atoms. The van der Waals surface area contributed by atoms with Gasteiger partial charge in [-0.05, 0) is 91.5 Å². The maximum atomic E-state index is 13.1. The maximum absolute atomic E-state index is 13.1. The van der Waals surface area contributed by atoms with Crippen LogP contribution in [0.4, 0.5) is 4.39 Å². The Morgan fingerprint density at radius 3 is 2.34 bits per heavy atom. The van der Waals surface area contributed by atoms with Crippen LogP contribution in [0.15, 0.2) is 74.2 Å². The molecule has 0 N–H and O–H groups in total. The van der Waals surface area contributed by atoms with Gasteiger partial charge in [0.15, 0.2) is 5.70 Å². The zero-order valence-corrected chi connectivity index (χ0v) is 20.7. The van der Waals surface area contributed by atoms with E-state index in [2.05, 4.69) is 36.9 Å². The number of hydrogen-bond acceptors (Lipinski definition) is 4. The molecule has 9 heteroatoms. The molecule has 162 valence electrons. The summed E-state index contributed by atoms with van der Waals surface area (Å²) in [7, 11) is 0. The molecule has 0 fully saturated rings. The summed E-state index contributed by atoms with van der Waals surface area (Å²) in [4.78, 5) is 16.6. The molecule has 3 aromatic rings. The van der Waals surface area contributed by atoms with Crippen LogP contribution < -0.4 is 4.74 Å². The van der Waals surface area contributed by atoms with E-state index < -0.39 is 5.97 Å². The SMILES string of the molecule is O=C1OC(c2ccc(Cl)c(Cl)c2)=N/C1=C\c1cc(Br)c(OCc2ccc(F)cc2)c(Br)c1. The first-order valence-electron chi connectivity index (χ1n) is 9.14. The Kier molecular flexibility index (Phi) is 7.00. The Bertz CT molecular complexity index is 1250. The van der Waals surface area contributed by atoms with Gasteiger partial charge in [-0.2, -0.15) is 0 Å². The highest BCUT2D eigenvalue weighted by Gasteiger charge is 2.25. The van der Waals surface area contributed by atoms with Crippen LogP contribution in [0.5, 0.6) is 5.75 Å². The quantitative estimate of drug-likeness (QED) is 0.224. The van der Waals surface area contributed by atoms with Crippen molar-refractivity contribution >= 4 is 73.0 Å². The second kappa shape index (κ2) is 9.75. The first-order valence-corrected chi connectivity index (χ1v) is 11.5. The number of carbonyl (C=O) groups excluding carboxylic acids is 1. The van der Waals surface area contributed by atoms with Gasteiger partial charge < -0.3 is 9.47 Å². The van der Waals surface area contributed by atoms with Gasteiger partial charge >= 0.3 is 5.97 Å². The molecule has 0 aliphatic carbocycles. The molecule has 0 saturated carbocycles. The fourth-order valence-electron chi connectivity index (χ4n) is 2.86. The number of benzene rings is 3. The molecule has 0 unspecified atom stereocenters. The Labute approximate surface area is 209 Å². The van der Waals surface area contributed by atoms with Crippen molar-refractivity contribution in [3.05, 3.63) is 102 Å². The standard InChI is InChI=1S/C23H12Br2Cl2FNO3/c24-16-7-13(8-17(25)21(16)31-11-12-1-4-15(28)5-2-12)9-20-23(30)32-22(29-20)14-3-6-18(26)19(27)10-14/h1-10H,11H2/b20-9-. The van der Waals surface area contributed by atoms with Crippen molar-refractivity contribution in [2.45, 2.75) is 6.61 Å². The van der Waals surface area contributed by atoms with Crippen molar-refractivity contribution in [1.82, 2.24) is 0 Å². The predicted octanol–water partition coefficient (Wildman–Crippen LogP) is 7.58. The van der Waals surface area contributed by atoms with E-state index in [9.17, 15) is 9.18 Å². The lowest BCUT2D eigenvalue weighted by atomic mass is 10.2. The normalized spacial score (nSPS) is 14.5. The van der Waals surface area contributed by atoms with E-state index in [0.29, 0.717) is 35.9 Å². The van der Waals surface area contributed by atoms with Crippen LogP contribution in [0.2, 0.25) is 10.0 Å². The zero-order chi connectivity index (χ0) is 22.8. The molecule has 0 atom stereocenters. The van der Waals surface area contributed by atoms with Gasteiger partial charge in [0, 0.05) is 5.56 Å². The van der Waals surface area contributed by atoms with Gasteiger partial charge in [0.1, 0.15) is 18.2 Å². The molecular formula is C23H12Br2Cl2FNO3. The number of halogens is 5. The number of nitrogens with zero attached hydrogens (tertiary/aromatic N) is 1. The van der Waals surface area contributed by atoms with Gasteiger partial charge in [-0.25, -0.2) is 14.2 Å². The van der Waals surface area contributed by atoms with Crippen molar-refractivity contribution < 1.29 is 18.7 Å². The lowest BCUT2D eigenvalue weighted by Gasteiger charge is -2.11. The summed E-state index contributed by atoms with van der Waals surface area (Å²) in [6.07, 6.45) is 1.60. The molecule has 0 bridgehead atoms. The van der Waals surface area contributed by atoms with Crippen LogP contribution in [0.25, 0.3) is 6.08 Å². The molecule has 0 aromatic heterocycles. The molecule has 4 rings (SSSR count). The number of carbonyl (C=O) groups is 1. The third-order valence-corrected chi connectivity index (χ3v) is 6.32. The molecule has 0 spiro atoms. The average molecular weight is 600 g/mol. The topological polar surface area (TPSA) is 47.9 Å². The van der Waals surface area contributed by atoms with Gasteiger partial charge in [-0.1, -0.05) is 35.3 Å². The average Bonchev–Trinajstić information content (AvgIpc) is 3.11. The van der Waals surface area contributed by atoms with Crippen LogP contribution in [0.3, 0.4) is 0 Å². The highest BCUT2D eigenvalue weighted by molar-refractivity contribution is 9.11. The number of esters is 1. The second-order valence-corrected chi connectivity index (χ2v) is 9.22. The van der Waals surface area contributed by atoms with Gasteiger partial charge in [0.05, 0.1) is 19.0 Å². The monoisotopic (exact) mass is 597 g/mol. The van der Waals surface area contributed by atoms with Crippen molar-refractivity contribution in [3.63, 3.8) is 0 Å². The van der Waals surface area contributed by atoms with Crippen molar-refractivity contribution in [2.24, 2.45) is 4.99 Å². The molecule has 1 aliphatic rings. The van der Waals surface area contributed by atoms with E-state index in [0.717, 1.165) is 5.56 Å². The van der Waals surface area contributed by atoms with Gasteiger partial charge in [-0.15, -0.1) is 0 Å². The van der Waals surface area contributed by atoms with Crippen LogP contribution in [-0.2, 0) is 16.1 Å². The summed E-state index contributed by atoms with van der Waals surface area (Å²) in [5.74, 6) is -0.151. The lowest BCUT2D eigenvalue weighted by Crippen LogP contribution is -2.05. The second-order valence-electron chi connectivity index (χ2n) is 6.69. The molecule has 1 aliphatic heterocycles. The van der Waals surface area contributed by atoms with E-state index in [1.165, 1.54) is 12.1 Å². The summed E-state index contributed by atoms with van der Waals surface area (Å²) in [5, 5.41) is 0.733. The van der Waals surface area contributed by atoms with E-state index in [1.54, 1.807) is 48.5 Å². The zero-order valence-electron chi connectivity index (χ0n) is 16.0. The first kappa shape index (κ1) is 23.0. The highest BCUT2D eigenvalue weighted by Crippen LogP contribution is 2.36. The number of cyclic esters (lactones) is 1. The van der Waals surface area contributed by atoms with Crippen LogP contribution in [-0.4, -0.2) is 11.9 Å². The Morgan fingerprint density at radius 1 is 1.00 bits per heavy atom. The number of ether oxygens (including phenoxy) is 2. The van der Waals surface area contributed by atoms with E-state index >= 15 is 0 Å². The minimum absolute atomic E-state index is 0.143. The summed E-state index contributed by atoms with van der Waals surface area (Å²) in [6, 6.07) is 14.5. The molecule has 0 saturated heterocycles. The maximum Gasteiger partial charge on any atom is 0.363 e. The molecular weight excluding hydrogens is 588 g/mol. The van der Waals surface area contributed by atoms with Crippen molar-refractivity contribution in [3.8, 4) is 5.75 Å². The number of aliphatic imine (C=N–C) groups is 1. The van der Waals surface area contributed by atoms with Crippen molar-refractivity contribution in [2.75, 3.05) is 0 Å². The van der Waals surface area contributed by atoms with E-state index in [1.807, 2.05) is 0 Å². The van der Waals surface area contributed by atoms with Crippen molar-refractivity contribution in [1.29, 1.82) is 0 Å². The third kappa shape index (κ3) is 5.23. The Balaban J connectivity index is 1.55. The minimum Gasteiger partial charge on any atom is -0.487 e. The van der Waals surface area contributed by atoms with E-state index in [-0.39, 0.29) is 24.0 Å². The Hall–Kier alpha value is -2.19. The third-order valence-electron chi connectivity index (χ3n) is 4.41. The Morgan fingerprint density at radius 2 is 1.69 bits per heavy atom. The summed E-state index contributed by atoms with van der Waals surface area (Å²) < 4.78 is 25.5. The summed E-state index contributed by atoms with van der Waals surface area (Å²) in [5.41, 5.74) is 2.21. The largest absolute Gasteiger partial charge is 0.487 e. The van der Waals surface area contributed by atoms with Crippen LogP contribution in [0, 0.1) is 5.82 Å². The molecule has 3 aromatic carbocycles. The molecule has 0 radical (unpaired) electrons. The number of rotatable bonds is 5. The lowest BCUT2D eigenvalue weighted by molar-refractivity contribution is -0.129.